The number of amides is 1. The van der Waals surface area contributed by atoms with Crippen LogP contribution in [0.15, 0.2) is 82.5 Å². The molecule has 2 aromatic carbocycles. The molecule has 1 amide bonds. The number of carbonyl (C=O) groups is 2. The van der Waals surface area contributed by atoms with Crippen molar-refractivity contribution in [2.24, 2.45) is 5.10 Å². The minimum atomic E-state index is -0.520. The lowest BCUT2D eigenvalue weighted by atomic mass is 10.2. The predicted molar refractivity (Wildman–Crippen MR) is 112 cm³/mol. The number of esters is 1. The summed E-state index contributed by atoms with van der Waals surface area (Å²) < 4.78 is 15.7. The van der Waals surface area contributed by atoms with Crippen molar-refractivity contribution in [2.75, 3.05) is 6.61 Å². The number of nitrogens with one attached hydrogen (secondary N) is 1. The summed E-state index contributed by atoms with van der Waals surface area (Å²) in [7, 11) is 0. The number of nitrogens with zero attached hydrogens (tertiary/aromatic N) is 1. The van der Waals surface area contributed by atoms with E-state index in [1.54, 1.807) is 42.5 Å². The van der Waals surface area contributed by atoms with Gasteiger partial charge in [-0.05, 0) is 72.7 Å². The lowest BCUT2D eigenvalue weighted by Crippen LogP contribution is -2.24. The maximum Gasteiger partial charge on any atom is 0.336 e. The van der Waals surface area contributed by atoms with E-state index in [-0.39, 0.29) is 12.5 Å². The molecule has 0 saturated heterocycles. The highest BCUT2D eigenvalue weighted by Crippen LogP contribution is 2.13. The molecule has 1 aromatic heterocycles. The van der Waals surface area contributed by atoms with Crippen LogP contribution in [0.25, 0.3) is 6.08 Å². The molecule has 1 heterocycles. The van der Waals surface area contributed by atoms with Gasteiger partial charge in [0.15, 0.2) is 6.61 Å². The zero-order chi connectivity index (χ0) is 21.2. The second-order valence-corrected chi connectivity index (χ2v) is 6.24. The van der Waals surface area contributed by atoms with Gasteiger partial charge in [0.2, 0.25) is 0 Å². The lowest BCUT2D eigenvalue weighted by molar-refractivity contribution is -0.129. The summed E-state index contributed by atoms with van der Waals surface area (Å²) >= 11 is 0. The molecule has 7 heteroatoms. The summed E-state index contributed by atoms with van der Waals surface area (Å²) in [4.78, 5) is 23.6. The quantitative estimate of drug-likeness (QED) is 0.203. The minimum absolute atomic E-state index is 0.138. The van der Waals surface area contributed by atoms with E-state index in [9.17, 15) is 9.59 Å². The van der Waals surface area contributed by atoms with Gasteiger partial charge in [-0.2, -0.15) is 5.10 Å². The summed E-state index contributed by atoms with van der Waals surface area (Å²) in [5, 5.41) is 3.89. The van der Waals surface area contributed by atoms with E-state index < -0.39 is 5.97 Å². The van der Waals surface area contributed by atoms with Gasteiger partial charge in [-0.3, -0.25) is 4.79 Å². The molecule has 0 fully saturated rings. The number of benzene rings is 2. The Labute approximate surface area is 173 Å². The second-order valence-electron chi connectivity index (χ2n) is 6.24. The van der Waals surface area contributed by atoms with Gasteiger partial charge >= 0.3 is 5.97 Å². The molecule has 0 unspecified atom stereocenters. The van der Waals surface area contributed by atoms with Gasteiger partial charge in [0.1, 0.15) is 17.3 Å². The number of hydrogen-bond donors (Lipinski definition) is 1. The maximum atomic E-state index is 11.8. The molecule has 0 aliphatic rings. The highest BCUT2D eigenvalue weighted by molar-refractivity contribution is 5.88. The van der Waals surface area contributed by atoms with Gasteiger partial charge in [0, 0.05) is 6.08 Å². The van der Waals surface area contributed by atoms with Crippen molar-refractivity contribution in [1.29, 1.82) is 0 Å². The van der Waals surface area contributed by atoms with E-state index in [1.807, 2.05) is 25.1 Å². The van der Waals surface area contributed by atoms with E-state index in [1.165, 1.54) is 24.6 Å². The Kier molecular flexibility index (Phi) is 7.16. The number of furan rings is 1. The average molecular weight is 404 g/mol. The monoisotopic (exact) mass is 404 g/mol. The van der Waals surface area contributed by atoms with Gasteiger partial charge in [0.25, 0.3) is 5.91 Å². The third-order valence-electron chi connectivity index (χ3n) is 3.79. The third kappa shape index (κ3) is 6.79. The van der Waals surface area contributed by atoms with Gasteiger partial charge in [-0.25, -0.2) is 10.2 Å². The minimum Gasteiger partial charge on any atom is -0.484 e. The van der Waals surface area contributed by atoms with Crippen molar-refractivity contribution in [1.82, 2.24) is 5.43 Å². The summed E-state index contributed by atoms with van der Waals surface area (Å²) in [5.41, 5.74) is 4.17. The Morgan fingerprint density at radius 2 is 1.90 bits per heavy atom. The van der Waals surface area contributed by atoms with Crippen molar-refractivity contribution < 1.29 is 23.5 Å². The first-order chi connectivity index (χ1) is 14.6. The molecule has 0 aliphatic heterocycles. The smallest absolute Gasteiger partial charge is 0.336 e. The van der Waals surface area contributed by atoms with Gasteiger partial charge < -0.3 is 13.9 Å². The highest BCUT2D eigenvalue weighted by Gasteiger charge is 2.03. The number of ether oxygens (including phenoxy) is 2. The predicted octanol–water partition coefficient (Wildman–Crippen LogP) is 3.74. The average Bonchev–Trinajstić information content (AvgIpc) is 3.26. The normalized spacial score (nSPS) is 11.0. The molecule has 30 heavy (non-hydrogen) atoms. The van der Waals surface area contributed by atoms with Crippen molar-refractivity contribution in [2.45, 2.75) is 6.92 Å². The molecule has 0 bridgehead atoms. The zero-order valence-electron chi connectivity index (χ0n) is 16.3. The molecular formula is C23H20N2O5. The van der Waals surface area contributed by atoms with Crippen LogP contribution in [-0.4, -0.2) is 24.7 Å². The van der Waals surface area contributed by atoms with Gasteiger partial charge in [-0.1, -0.05) is 12.1 Å². The molecule has 0 radical (unpaired) electrons. The fourth-order valence-corrected chi connectivity index (χ4v) is 2.37. The van der Waals surface area contributed by atoms with Gasteiger partial charge in [0.05, 0.1) is 12.5 Å². The Morgan fingerprint density at radius 3 is 2.63 bits per heavy atom. The summed E-state index contributed by atoms with van der Waals surface area (Å²) in [5.74, 6) is 0.676. The number of rotatable bonds is 8. The Hall–Kier alpha value is -4.13. The van der Waals surface area contributed by atoms with Crippen molar-refractivity contribution >= 4 is 24.2 Å². The number of aryl methyl sites for hydroxylation is 1. The van der Waals surface area contributed by atoms with Crippen LogP contribution < -0.4 is 14.9 Å². The first-order valence-corrected chi connectivity index (χ1v) is 9.13. The zero-order valence-corrected chi connectivity index (χ0v) is 16.3. The molecule has 0 aliphatic carbocycles. The highest BCUT2D eigenvalue weighted by atomic mass is 16.5. The topological polar surface area (TPSA) is 90.1 Å². The van der Waals surface area contributed by atoms with Crippen LogP contribution in [0.5, 0.6) is 11.5 Å². The second kappa shape index (κ2) is 10.4. The summed E-state index contributed by atoms with van der Waals surface area (Å²) in [6, 6.07) is 17.6. The summed E-state index contributed by atoms with van der Waals surface area (Å²) in [6.07, 6.45) is 5.80. The Bertz CT molecular complexity index is 1040. The largest absolute Gasteiger partial charge is 0.484 e. The molecule has 3 aromatic rings. The van der Waals surface area contributed by atoms with Crippen molar-refractivity contribution in [3.05, 3.63) is 89.9 Å². The molecule has 0 atom stereocenters. The first-order valence-electron chi connectivity index (χ1n) is 9.13. The maximum absolute atomic E-state index is 11.8. The molecule has 0 saturated carbocycles. The molecule has 152 valence electrons. The van der Waals surface area contributed by atoms with Crippen LogP contribution in [0.1, 0.15) is 16.9 Å². The molecule has 0 spiro atoms. The number of hydrogen-bond acceptors (Lipinski definition) is 6. The van der Waals surface area contributed by atoms with Crippen molar-refractivity contribution in [3.8, 4) is 11.5 Å². The molecular weight excluding hydrogens is 384 g/mol. The van der Waals surface area contributed by atoms with Crippen LogP contribution in [0, 0.1) is 6.92 Å². The van der Waals surface area contributed by atoms with Crippen LogP contribution in [0.2, 0.25) is 0 Å². The van der Waals surface area contributed by atoms with E-state index in [0.29, 0.717) is 17.3 Å². The molecule has 1 N–H and O–H groups in total. The lowest BCUT2D eigenvalue weighted by Gasteiger charge is -2.05. The number of hydrazone groups is 1. The molecule has 3 rings (SSSR count). The fourth-order valence-electron chi connectivity index (χ4n) is 2.37. The van der Waals surface area contributed by atoms with Crippen LogP contribution in [-0.2, 0) is 9.59 Å². The van der Waals surface area contributed by atoms with E-state index in [0.717, 1.165) is 11.1 Å². The van der Waals surface area contributed by atoms with E-state index in [2.05, 4.69) is 10.5 Å². The van der Waals surface area contributed by atoms with E-state index >= 15 is 0 Å². The Balaban J connectivity index is 1.42. The number of carbonyl (C=O) groups excluding carboxylic acids is 2. The molecule has 7 nitrogen and oxygen atoms in total. The first kappa shape index (κ1) is 20.6. The SMILES string of the molecule is Cc1cccc(OCC(=O)N/N=C/c2ccc(OC(=O)/C=C/c3ccco3)cc2)c1. The van der Waals surface area contributed by atoms with E-state index in [4.69, 9.17) is 13.9 Å². The van der Waals surface area contributed by atoms with Crippen LogP contribution >= 0.6 is 0 Å². The van der Waals surface area contributed by atoms with Crippen molar-refractivity contribution in [3.63, 3.8) is 0 Å². The third-order valence-corrected chi connectivity index (χ3v) is 3.79. The van der Waals surface area contributed by atoms with Crippen LogP contribution in [0.4, 0.5) is 0 Å². The Morgan fingerprint density at radius 1 is 1.07 bits per heavy atom. The van der Waals surface area contributed by atoms with Gasteiger partial charge in [-0.15, -0.1) is 0 Å². The summed E-state index contributed by atoms with van der Waals surface area (Å²) in [6.45, 7) is 1.81. The fraction of sp³-hybridized carbons (Fsp3) is 0.0870. The standard InChI is InChI=1S/C23H20N2O5/c1-17-4-2-5-21(14-17)29-16-22(26)25-24-15-18-7-9-20(10-8-18)30-23(27)12-11-19-6-3-13-28-19/h2-15H,16H2,1H3,(H,25,26)/b12-11+,24-15+. The van der Waals surface area contributed by atoms with Crippen LogP contribution in [0.3, 0.4) is 0 Å².